The summed E-state index contributed by atoms with van der Waals surface area (Å²) in [5.74, 6) is 1.79. The zero-order valence-electron chi connectivity index (χ0n) is 15.0. The van der Waals surface area contributed by atoms with E-state index in [2.05, 4.69) is 10.4 Å². The van der Waals surface area contributed by atoms with Crippen LogP contribution in [0.25, 0.3) is 11.6 Å². The van der Waals surface area contributed by atoms with Crippen LogP contribution in [-0.2, 0) is 11.3 Å². The second-order valence-corrected chi connectivity index (χ2v) is 7.47. The number of amides is 1. The Morgan fingerprint density at radius 2 is 2.04 bits per heavy atom. The minimum absolute atomic E-state index is 0.0813. The molecule has 2 saturated carbocycles. The summed E-state index contributed by atoms with van der Waals surface area (Å²) < 4.78 is 8.59. The molecule has 2 aliphatic rings. The summed E-state index contributed by atoms with van der Waals surface area (Å²) >= 11 is 0. The highest BCUT2D eigenvalue weighted by Gasteiger charge is 2.31. The summed E-state index contributed by atoms with van der Waals surface area (Å²) in [6.07, 6.45) is 10.3. The Balaban J connectivity index is 1.37. The van der Waals surface area contributed by atoms with Crippen molar-refractivity contribution in [1.29, 1.82) is 0 Å². The highest BCUT2D eigenvalue weighted by atomic mass is 16.3. The molecule has 0 radical (unpaired) electrons. The van der Waals surface area contributed by atoms with E-state index in [9.17, 15) is 9.59 Å². The fourth-order valence-corrected chi connectivity index (χ4v) is 3.83. The summed E-state index contributed by atoms with van der Waals surface area (Å²) in [5.41, 5.74) is -0.125. The van der Waals surface area contributed by atoms with Crippen molar-refractivity contribution in [1.82, 2.24) is 19.7 Å². The van der Waals surface area contributed by atoms with Gasteiger partial charge in [-0.3, -0.25) is 9.36 Å². The Kier molecular flexibility index (Phi) is 4.95. The highest BCUT2D eigenvalue weighted by molar-refractivity contribution is 5.76. The van der Waals surface area contributed by atoms with E-state index in [-0.39, 0.29) is 17.6 Å². The third-order valence-corrected chi connectivity index (χ3v) is 5.37. The van der Waals surface area contributed by atoms with Gasteiger partial charge in [0.1, 0.15) is 0 Å². The van der Waals surface area contributed by atoms with Crippen LogP contribution in [0, 0.1) is 5.92 Å². The standard InChI is InChI=1S/C19H26N4O3/c24-17(13-14-5-2-1-3-6-14)20-10-11-22-19(25)23(15-8-9-15)18(21-22)16-7-4-12-26-16/h4,7,12,14-15H,1-3,5-6,8-11,13H2,(H,20,24). The first kappa shape index (κ1) is 17.1. The van der Waals surface area contributed by atoms with Crippen LogP contribution in [0.4, 0.5) is 0 Å². The lowest BCUT2D eigenvalue weighted by molar-refractivity contribution is -0.122. The van der Waals surface area contributed by atoms with Gasteiger partial charge in [0.05, 0.1) is 12.8 Å². The molecule has 0 bridgehead atoms. The van der Waals surface area contributed by atoms with Crippen molar-refractivity contribution >= 4 is 5.91 Å². The summed E-state index contributed by atoms with van der Waals surface area (Å²) in [7, 11) is 0. The van der Waals surface area contributed by atoms with E-state index < -0.39 is 0 Å². The molecule has 2 fully saturated rings. The number of nitrogens with zero attached hydrogens (tertiary/aromatic N) is 3. The van der Waals surface area contributed by atoms with Gasteiger partial charge in [0.2, 0.25) is 11.7 Å². The molecule has 0 atom stereocenters. The van der Waals surface area contributed by atoms with E-state index in [0.29, 0.717) is 37.0 Å². The van der Waals surface area contributed by atoms with E-state index >= 15 is 0 Å². The van der Waals surface area contributed by atoms with E-state index in [1.54, 1.807) is 16.9 Å². The number of hydrogen-bond acceptors (Lipinski definition) is 4. The summed E-state index contributed by atoms with van der Waals surface area (Å²) in [4.78, 5) is 24.8. The van der Waals surface area contributed by atoms with Crippen LogP contribution in [0.5, 0.6) is 0 Å². The number of carbonyl (C=O) groups is 1. The number of furan rings is 1. The SMILES string of the molecule is O=C(CC1CCCCC1)NCCn1nc(-c2ccco2)n(C2CC2)c1=O. The molecule has 0 unspecified atom stereocenters. The maximum atomic E-state index is 12.7. The quantitative estimate of drug-likeness (QED) is 0.825. The number of nitrogens with one attached hydrogen (secondary N) is 1. The van der Waals surface area contributed by atoms with Gasteiger partial charge in [-0.15, -0.1) is 5.10 Å². The van der Waals surface area contributed by atoms with Gasteiger partial charge in [-0.1, -0.05) is 19.3 Å². The number of aromatic nitrogens is 3. The molecular formula is C19H26N4O3. The predicted octanol–water partition coefficient (Wildman–Crippen LogP) is 2.73. The maximum absolute atomic E-state index is 12.7. The van der Waals surface area contributed by atoms with Crippen molar-refractivity contribution in [2.45, 2.75) is 64.0 Å². The van der Waals surface area contributed by atoms with Gasteiger partial charge in [-0.05, 0) is 43.7 Å². The third-order valence-electron chi connectivity index (χ3n) is 5.37. The van der Waals surface area contributed by atoms with Crippen molar-refractivity contribution < 1.29 is 9.21 Å². The summed E-state index contributed by atoms with van der Waals surface area (Å²) in [5, 5.41) is 7.39. The Bertz CT molecular complexity index is 795. The van der Waals surface area contributed by atoms with Crippen LogP contribution in [0.15, 0.2) is 27.6 Å². The van der Waals surface area contributed by atoms with Gasteiger partial charge < -0.3 is 9.73 Å². The van der Waals surface area contributed by atoms with Gasteiger partial charge >= 0.3 is 5.69 Å². The van der Waals surface area contributed by atoms with Crippen LogP contribution in [0.3, 0.4) is 0 Å². The molecule has 7 heteroatoms. The van der Waals surface area contributed by atoms with Crippen LogP contribution in [0.2, 0.25) is 0 Å². The van der Waals surface area contributed by atoms with Crippen molar-refractivity contribution in [3.05, 3.63) is 28.9 Å². The molecule has 1 N–H and O–H groups in total. The second-order valence-electron chi connectivity index (χ2n) is 7.47. The van der Waals surface area contributed by atoms with Crippen molar-refractivity contribution in [2.24, 2.45) is 5.92 Å². The molecular weight excluding hydrogens is 332 g/mol. The first-order chi connectivity index (χ1) is 12.7. The lowest BCUT2D eigenvalue weighted by Crippen LogP contribution is -2.33. The molecule has 2 aromatic heterocycles. The highest BCUT2D eigenvalue weighted by Crippen LogP contribution is 2.36. The molecule has 7 nitrogen and oxygen atoms in total. The Hall–Kier alpha value is -2.31. The zero-order chi connectivity index (χ0) is 17.9. The lowest BCUT2D eigenvalue weighted by atomic mass is 9.87. The lowest BCUT2D eigenvalue weighted by Gasteiger charge is -2.20. The normalized spacial score (nSPS) is 18.2. The van der Waals surface area contributed by atoms with Crippen LogP contribution in [-0.4, -0.2) is 26.8 Å². The van der Waals surface area contributed by atoms with Crippen molar-refractivity contribution in [2.75, 3.05) is 6.54 Å². The van der Waals surface area contributed by atoms with E-state index in [1.807, 2.05) is 6.07 Å². The Labute approximate surface area is 152 Å². The van der Waals surface area contributed by atoms with Crippen LogP contribution >= 0.6 is 0 Å². The average molecular weight is 358 g/mol. The largest absolute Gasteiger partial charge is 0.461 e. The minimum atomic E-state index is -0.125. The fourth-order valence-electron chi connectivity index (χ4n) is 3.83. The third kappa shape index (κ3) is 3.76. The predicted molar refractivity (Wildman–Crippen MR) is 96.7 cm³/mol. The first-order valence-electron chi connectivity index (χ1n) is 9.72. The molecule has 2 aromatic rings. The molecule has 0 aliphatic heterocycles. The van der Waals surface area contributed by atoms with Gasteiger partial charge in [0.15, 0.2) is 5.76 Å². The second kappa shape index (κ2) is 7.51. The minimum Gasteiger partial charge on any atom is -0.461 e. The fraction of sp³-hybridized carbons (Fsp3) is 0.632. The van der Waals surface area contributed by atoms with Crippen molar-refractivity contribution in [3.63, 3.8) is 0 Å². The number of rotatable bonds is 7. The summed E-state index contributed by atoms with van der Waals surface area (Å²) in [6, 6.07) is 3.83. The molecule has 4 rings (SSSR count). The Morgan fingerprint density at radius 1 is 1.23 bits per heavy atom. The Morgan fingerprint density at radius 3 is 2.73 bits per heavy atom. The van der Waals surface area contributed by atoms with Gasteiger partial charge in [0, 0.05) is 19.0 Å². The van der Waals surface area contributed by atoms with E-state index in [1.165, 1.54) is 23.9 Å². The van der Waals surface area contributed by atoms with Gasteiger partial charge in [0.25, 0.3) is 0 Å². The van der Waals surface area contributed by atoms with Crippen LogP contribution in [0.1, 0.15) is 57.4 Å². The molecule has 26 heavy (non-hydrogen) atoms. The summed E-state index contributed by atoms with van der Waals surface area (Å²) in [6.45, 7) is 0.799. The number of hydrogen-bond donors (Lipinski definition) is 1. The van der Waals surface area contributed by atoms with E-state index in [4.69, 9.17) is 4.42 Å². The number of carbonyl (C=O) groups excluding carboxylic acids is 1. The zero-order valence-corrected chi connectivity index (χ0v) is 15.0. The molecule has 140 valence electrons. The molecule has 2 heterocycles. The van der Waals surface area contributed by atoms with Crippen molar-refractivity contribution in [3.8, 4) is 11.6 Å². The topological polar surface area (TPSA) is 82.1 Å². The first-order valence-corrected chi connectivity index (χ1v) is 9.72. The molecule has 0 saturated heterocycles. The average Bonchev–Trinajstić information content (AvgIpc) is 3.22. The maximum Gasteiger partial charge on any atom is 0.346 e. The molecule has 1 amide bonds. The van der Waals surface area contributed by atoms with E-state index in [0.717, 1.165) is 25.7 Å². The van der Waals surface area contributed by atoms with Crippen LogP contribution < -0.4 is 11.0 Å². The van der Waals surface area contributed by atoms with Gasteiger partial charge in [-0.25, -0.2) is 9.48 Å². The smallest absolute Gasteiger partial charge is 0.346 e. The molecule has 0 aromatic carbocycles. The van der Waals surface area contributed by atoms with Gasteiger partial charge in [-0.2, -0.15) is 0 Å². The monoisotopic (exact) mass is 358 g/mol. The molecule has 2 aliphatic carbocycles. The molecule has 0 spiro atoms.